The maximum absolute atomic E-state index is 11.1. The molecule has 0 bridgehead atoms. The molecule has 3 nitrogen and oxygen atoms in total. The molecule has 1 N–H and O–H groups in total. The van der Waals surface area contributed by atoms with E-state index in [-0.39, 0.29) is 20.7 Å². The van der Waals surface area contributed by atoms with Crippen molar-refractivity contribution in [3.05, 3.63) is 22.2 Å². The molecule has 6 heteroatoms. The SMILES string of the molecule is CS(=O)(=O)c1ccc(O)c(Cl)c1Cl. The molecular weight excluding hydrogens is 235 g/mol. The van der Waals surface area contributed by atoms with E-state index < -0.39 is 9.84 Å². The van der Waals surface area contributed by atoms with Crippen LogP contribution in [0.3, 0.4) is 0 Å². The number of aromatic hydroxyl groups is 1. The van der Waals surface area contributed by atoms with Gasteiger partial charge in [0.15, 0.2) is 9.84 Å². The van der Waals surface area contributed by atoms with E-state index in [1.807, 2.05) is 0 Å². The molecule has 0 aromatic heterocycles. The van der Waals surface area contributed by atoms with Gasteiger partial charge < -0.3 is 5.11 Å². The van der Waals surface area contributed by atoms with Crippen LogP contribution < -0.4 is 0 Å². The summed E-state index contributed by atoms with van der Waals surface area (Å²) < 4.78 is 22.2. The van der Waals surface area contributed by atoms with E-state index in [0.29, 0.717) is 0 Å². The van der Waals surface area contributed by atoms with Crippen LogP contribution in [-0.2, 0) is 9.84 Å². The molecule has 72 valence electrons. The van der Waals surface area contributed by atoms with Crippen molar-refractivity contribution < 1.29 is 13.5 Å². The van der Waals surface area contributed by atoms with Crippen LogP contribution in [0.4, 0.5) is 0 Å². The standard InChI is InChI=1S/C7H6Cl2O3S/c1-13(11,12)5-3-2-4(10)6(8)7(5)9/h2-3,10H,1H3. The van der Waals surface area contributed by atoms with Gasteiger partial charge in [0.1, 0.15) is 10.8 Å². The van der Waals surface area contributed by atoms with Crippen LogP contribution in [0.2, 0.25) is 10.0 Å². The summed E-state index contributed by atoms with van der Waals surface area (Å²) in [7, 11) is -3.40. The van der Waals surface area contributed by atoms with Crippen LogP contribution >= 0.6 is 23.2 Å². The smallest absolute Gasteiger partial charge is 0.177 e. The van der Waals surface area contributed by atoms with Gasteiger partial charge in [-0.15, -0.1) is 0 Å². The van der Waals surface area contributed by atoms with Gasteiger partial charge in [-0.2, -0.15) is 0 Å². The van der Waals surface area contributed by atoms with Gasteiger partial charge in [0.05, 0.1) is 9.92 Å². The zero-order chi connectivity index (χ0) is 10.2. The number of phenols is 1. The Kier molecular flexibility index (Phi) is 2.75. The van der Waals surface area contributed by atoms with E-state index in [1.165, 1.54) is 12.1 Å². The van der Waals surface area contributed by atoms with Crippen molar-refractivity contribution in [1.82, 2.24) is 0 Å². The van der Waals surface area contributed by atoms with Crippen LogP contribution in [0.15, 0.2) is 17.0 Å². The van der Waals surface area contributed by atoms with E-state index in [0.717, 1.165) is 6.26 Å². The molecule has 0 atom stereocenters. The zero-order valence-electron chi connectivity index (χ0n) is 6.58. The number of halogens is 2. The Bertz CT molecular complexity index is 439. The molecule has 0 aliphatic rings. The minimum Gasteiger partial charge on any atom is -0.506 e. The summed E-state index contributed by atoms with van der Waals surface area (Å²) in [4.78, 5) is -0.0861. The summed E-state index contributed by atoms with van der Waals surface area (Å²) in [6.07, 6.45) is 1.02. The number of phenolic OH excluding ortho intramolecular Hbond substituents is 1. The van der Waals surface area contributed by atoms with E-state index >= 15 is 0 Å². The van der Waals surface area contributed by atoms with Gasteiger partial charge in [-0.3, -0.25) is 0 Å². The maximum Gasteiger partial charge on any atom is 0.177 e. The molecule has 13 heavy (non-hydrogen) atoms. The largest absolute Gasteiger partial charge is 0.506 e. The molecule has 0 radical (unpaired) electrons. The topological polar surface area (TPSA) is 54.4 Å². The number of hydrogen-bond donors (Lipinski definition) is 1. The van der Waals surface area contributed by atoms with Gasteiger partial charge in [-0.25, -0.2) is 8.42 Å². The Hall–Kier alpha value is -0.450. The molecule has 0 heterocycles. The average Bonchev–Trinajstić information content (AvgIpc) is 1.98. The lowest BCUT2D eigenvalue weighted by Gasteiger charge is -2.04. The van der Waals surface area contributed by atoms with E-state index in [1.54, 1.807) is 0 Å². The highest BCUT2D eigenvalue weighted by molar-refractivity contribution is 7.90. The van der Waals surface area contributed by atoms with Crippen LogP contribution in [0.25, 0.3) is 0 Å². The minimum atomic E-state index is -3.40. The van der Waals surface area contributed by atoms with Crippen LogP contribution in [0, 0.1) is 0 Å². The summed E-state index contributed by atoms with van der Waals surface area (Å²) in [6, 6.07) is 2.39. The molecule has 0 amide bonds. The van der Waals surface area contributed by atoms with E-state index in [2.05, 4.69) is 0 Å². The average molecular weight is 241 g/mol. The van der Waals surface area contributed by atoms with Gasteiger partial charge in [0.25, 0.3) is 0 Å². The third-order valence-corrected chi connectivity index (χ3v) is 3.55. The lowest BCUT2D eigenvalue weighted by atomic mass is 10.3. The third-order valence-electron chi connectivity index (χ3n) is 1.43. The first-order valence-corrected chi connectivity index (χ1v) is 5.86. The monoisotopic (exact) mass is 240 g/mol. The molecular formula is C7H6Cl2O3S. The fourth-order valence-electron chi connectivity index (χ4n) is 0.808. The number of sulfone groups is 1. The first-order valence-electron chi connectivity index (χ1n) is 3.21. The van der Waals surface area contributed by atoms with Gasteiger partial charge in [-0.1, -0.05) is 23.2 Å². The molecule has 0 unspecified atom stereocenters. The summed E-state index contributed by atoms with van der Waals surface area (Å²) in [5.41, 5.74) is 0. The first kappa shape index (κ1) is 10.6. The normalized spacial score (nSPS) is 11.6. The quantitative estimate of drug-likeness (QED) is 0.819. The van der Waals surface area contributed by atoms with Crippen molar-refractivity contribution >= 4 is 33.0 Å². The van der Waals surface area contributed by atoms with Crippen molar-refractivity contribution in [2.24, 2.45) is 0 Å². The molecule has 0 saturated carbocycles. The van der Waals surface area contributed by atoms with Crippen LogP contribution in [0.1, 0.15) is 0 Å². The van der Waals surface area contributed by atoms with Gasteiger partial charge in [0, 0.05) is 6.26 Å². The highest BCUT2D eigenvalue weighted by atomic mass is 35.5. The lowest BCUT2D eigenvalue weighted by molar-refractivity contribution is 0.475. The van der Waals surface area contributed by atoms with Crippen molar-refractivity contribution in [3.8, 4) is 5.75 Å². The Labute approximate surface area is 85.8 Å². The number of hydrogen-bond acceptors (Lipinski definition) is 3. The Morgan fingerprint density at radius 1 is 1.23 bits per heavy atom. The van der Waals surface area contributed by atoms with Crippen molar-refractivity contribution in [3.63, 3.8) is 0 Å². The summed E-state index contributed by atoms with van der Waals surface area (Å²) >= 11 is 11.2. The Morgan fingerprint density at radius 2 is 1.77 bits per heavy atom. The van der Waals surface area contributed by atoms with Crippen LogP contribution in [-0.4, -0.2) is 19.8 Å². The zero-order valence-corrected chi connectivity index (χ0v) is 8.91. The Balaban J connectivity index is 3.53. The van der Waals surface area contributed by atoms with Gasteiger partial charge in [0.2, 0.25) is 0 Å². The molecule has 1 rings (SSSR count). The maximum atomic E-state index is 11.1. The first-order chi connectivity index (χ1) is 5.84. The van der Waals surface area contributed by atoms with E-state index in [4.69, 9.17) is 28.3 Å². The fourth-order valence-corrected chi connectivity index (χ4v) is 2.35. The van der Waals surface area contributed by atoms with Gasteiger partial charge >= 0.3 is 0 Å². The predicted molar refractivity (Wildman–Crippen MR) is 51.2 cm³/mol. The fraction of sp³-hybridized carbons (Fsp3) is 0.143. The second kappa shape index (κ2) is 3.36. The molecule has 0 aliphatic carbocycles. The van der Waals surface area contributed by atoms with Crippen molar-refractivity contribution in [1.29, 1.82) is 0 Å². The van der Waals surface area contributed by atoms with Crippen molar-refractivity contribution in [2.75, 3.05) is 6.26 Å². The lowest BCUT2D eigenvalue weighted by Crippen LogP contribution is -1.97. The summed E-state index contributed by atoms with van der Waals surface area (Å²) in [5, 5.41) is 8.78. The molecule has 0 aliphatic heterocycles. The van der Waals surface area contributed by atoms with E-state index in [9.17, 15) is 8.42 Å². The number of rotatable bonds is 1. The second-order valence-corrected chi connectivity index (χ2v) is 5.22. The molecule has 0 saturated heterocycles. The molecule has 1 aromatic carbocycles. The van der Waals surface area contributed by atoms with Crippen LogP contribution in [0.5, 0.6) is 5.75 Å². The number of benzene rings is 1. The second-order valence-electron chi connectivity index (χ2n) is 2.48. The minimum absolute atomic E-state index is 0.0861. The predicted octanol–water partition coefficient (Wildman–Crippen LogP) is 2.10. The highest BCUT2D eigenvalue weighted by Crippen LogP contribution is 2.35. The highest BCUT2D eigenvalue weighted by Gasteiger charge is 2.16. The van der Waals surface area contributed by atoms with Gasteiger partial charge in [-0.05, 0) is 12.1 Å². The molecule has 1 aromatic rings. The third kappa shape index (κ3) is 2.07. The molecule has 0 spiro atoms. The summed E-state index contributed by atoms with van der Waals surface area (Å²) in [6.45, 7) is 0. The van der Waals surface area contributed by atoms with Crippen molar-refractivity contribution in [2.45, 2.75) is 4.90 Å². The molecule has 0 fully saturated rings. The Morgan fingerprint density at radius 3 is 2.23 bits per heavy atom. The summed E-state index contributed by atoms with van der Waals surface area (Å²) in [5.74, 6) is -0.237.